The molecule has 6 heteroatoms. The van der Waals surface area contributed by atoms with Crippen molar-refractivity contribution >= 4 is 0 Å². The van der Waals surface area contributed by atoms with Gasteiger partial charge in [0.05, 0.1) is 19.8 Å². The molecule has 0 unspecified atom stereocenters. The summed E-state index contributed by atoms with van der Waals surface area (Å²) in [6, 6.07) is 9.33. The molecule has 4 atom stereocenters. The monoisotopic (exact) mass is 306 g/mol. The number of hydrogen-bond acceptors (Lipinski definition) is 5. The van der Waals surface area contributed by atoms with Gasteiger partial charge in [-0.3, -0.25) is 15.0 Å². The quantitative estimate of drug-likeness (QED) is 0.668. The third-order valence-electron chi connectivity index (χ3n) is 4.88. The fourth-order valence-corrected chi connectivity index (χ4v) is 3.67. The number of nitro groups is 1. The van der Waals surface area contributed by atoms with E-state index in [0.717, 1.165) is 6.42 Å². The zero-order chi connectivity index (χ0) is 15.7. The van der Waals surface area contributed by atoms with E-state index in [9.17, 15) is 15.2 Å². The molecule has 2 aliphatic heterocycles. The first-order valence-corrected chi connectivity index (χ1v) is 7.70. The number of aliphatic hydroxyl groups is 1. The standard InChI is InChI=1S/C16H22N2O4/c1-16(19)8-14-11-22-10-13(7-12-5-3-2-4-6-12)17(14)9-15(16)18(20)21/h2-6,13-15,19H,7-11H2,1H3/t13-,14-,15-,16+/m0/s1. The second-order valence-electron chi connectivity index (χ2n) is 6.59. The number of benzene rings is 1. The number of piperidine rings is 1. The molecule has 2 aliphatic rings. The van der Waals surface area contributed by atoms with Crippen LogP contribution in [0.1, 0.15) is 18.9 Å². The number of morpholine rings is 1. The van der Waals surface area contributed by atoms with Crippen molar-refractivity contribution in [3.05, 3.63) is 46.0 Å². The first kappa shape index (κ1) is 15.4. The fraction of sp³-hybridized carbons (Fsp3) is 0.625. The first-order valence-electron chi connectivity index (χ1n) is 7.70. The second-order valence-corrected chi connectivity index (χ2v) is 6.59. The smallest absolute Gasteiger partial charge is 0.253 e. The maximum atomic E-state index is 11.3. The van der Waals surface area contributed by atoms with Crippen molar-refractivity contribution in [1.29, 1.82) is 0 Å². The predicted octanol–water partition coefficient (Wildman–Crippen LogP) is 1.10. The van der Waals surface area contributed by atoms with Gasteiger partial charge in [0.2, 0.25) is 0 Å². The highest BCUT2D eigenvalue weighted by Gasteiger charge is 2.52. The highest BCUT2D eigenvalue weighted by Crippen LogP contribution is 2.32. The first-order chi connectivity index (χ1) is 10.5. The van der Waals surface area contributed by atoms with Gasteiger partial charge in [0.1, 0.15) is 5.60 Å². The lowest BCUT2D eigenvalue weighted by Gasteiger charge is -2.49. The molecule has 0 spiro atoms. The van der Waals surface area contributed by atoms with E-state index in [-0.39, 0.29) is 23.6 Å². The minimum atomic E-state index is -1.28. The Hall–Kier alpha value is -1.50. The summed E-state index contributed by atoms with van der Waals surface area (Å²) in [5.74, 6) is 0. The normalized spacial score (nSPS) is 35.8. The van der Waals surface area contributed by atoms with E-state index in [2.05, 4.69) is 17.0 Å². The van der Waals surface area contributed by atoms with Gasteiger partial charge in [-0.25, -0.2) is 0 Å². The molecule has 0 amide bonds. The molecule has 0 bridgehead atoms. The largest absolute Gasteiger partial charge is 0.383 e. The van der Waals surface area contributed by atoms with Gasteiger partial charge in [0, 0.05) is 23.4 Å². The van der Waals surface area contributed by atoms with Crippen molar-refractivity contribution in [2.75, 3.05) is 19.8 Å². The summed E-state index contributed by atoms with van der Waals surface area (Å²) in [5, 5.41) is 21.7. The average molecular weight is 306 g/mol. The number of nitrogens with zero attached hydrogens (tertiary/aromatic N) is 2. The summed E-state index contributed by atoms with van der Waals surface area (Å²) >= 11 is 0. The van der Waals surface area contributed by atoms with E-state index >= 15 is 0 Å². The summed E-state index contributed by atoms with van der Waals surface area (Å²) in [7, 11) is 0. The molecule has 1 aromatic carbocycles. The predicted molar refractivity (Wildman–Crippen MR) is 81.3 cm³/mol. The van der Waals surface area contributed by atoms with Crippen LogP contribution in [0.4, 0.5) is 0 Å². The molecule has 1 aromatic rings. The molecule has 0 aliphatic carbocycles. The van der Waals surface area contributed by atoms with Crippen LogP contribution in [-0.2, 0) is 11.2 Å². The molecular weight excluding hydrogens is 284 g/mol. The number of fused-ring (bicyclic) bond motifs is 1. The van der Waals surface area contributed by atoms with E-state index in [4.69, 9.17) is 4.74 Å². The van der Waals surface area contributed by atoms with Crippen LogP contribution >= 0.6 is 0 Å². The summed E-state index contributed by atoms with van der Waals surface area (Å²) < 4.78 is 5.69. The second kappa shape index (κ2) is 5.95. The highest BCUT2D eigenvalue weighted by atomic mass is 16.6. The van der Waals surface area contributed by atoms with Gasteiger partial charge in [-0.2, -0.15) is 0 Å². The number of rotatable bonds is 3. The Bertz CT molecular complexity index is 534. The van der Waals surface area contributed by atoms with Gasteiger partial charge in [-0.05, 0) is 18.9 Å². The summed E-state index contributed by atoms with van der Waals surface area (Å²) in [6.45, 7) is 2.97. The van der Waals surface area contributed by atoms with Crippen molar-refractivity contribution < 1.29 is 14.8 Å². The molecule has 120 valence electrons. The Labute approximate surface area is 129 Å². The van der Waals surface area contributed by atoms with E-state index < -0.39 is 11.6 Å². The molecule has 2 fully saturated rings. The number of ether oxygens (including phenoxy) is 1. The van der Waals surface area contributed by atoms with Crippen molar-refractivity contribution in [3.63, 3.8) is 0 Å². The van der Waals surface area contributed by atoms with Crippen LogP contribution in [-0.4, -0.2) is 58.4 Å². The van der Waals surface area contributed by atoms with E-state index in [1.165, 1.54) is 5.56 Å². The minimum Gasteiger partial charge on any atom is -0.383 e. The maximum absolute atomic E-state index is 11.3. The highest BCUT2D eigenvalue weighted by molar-refractivity contribution is 5.16. The van der Waals surface area contributed by atoms with Crippen LogP contribution in [0.15, 0.2) is 30.3 Å². The SMILES string of the molecule is C[C@@]1(O)C[C@H]2COC[C@H](Cc3ccccc3)N2C[C@@H]1[N+](=O)[O-]. The zero-order valence-electron chi connectivity index (χ0n) is 12.7. The van der Waals surface area contributed by atoms with Crippen LogP contribution in [0, 0.1) is 10.1 Å². The van der Waals surface area contributed by atoms with E-state index in [1.807, 2.05) is 18.2 Å². The third-order valence-corrected chi connectivity index (χ3v) is 4.88. The number of hydrogen-bond donors (Lipinski definition) is 1. The molecule has 0 saturated carbocycles. The van der Waals surface area contributed by atoms with Crippen LogP contribution in [0.3, 0.4) is 0 Å². The van der Waals surface area contributed by atoms with E-state index in [1.54, 1.807) is 6.92 Å². The Morgan fingerprint density at radius 1 is 1.41 bits per heavy atom. The van der Waals surface area contributed by atoms with Crippen molar-refractivity contribution in [1.82, 2.24) is 4.90 Å². The van der Waals surface area contributed by atoms with Crippen molar-refractivity contribution in [3.8, 4) is 0 Å². The van der Waals surface area contributed by atoms with Crippen LogP contribution in [0.25, 0.3) is 0 Å². The molecule has 6 nitrogen and oxygen atoms in total. The Morgan fingerprint density at radius 2 is 2.14 bits per heavy atom. The van der Waals surface area contributed by atoms with Crippen LogP contribution in [0.2, 0.25) is 0 Å². The van der Waals surface area contributed by atoms with Crippen molar-refractivity contribution in [2.24, 2.45) is 0 Å². The lowest BCUT2D eigenvalue weighted by atomic mass is 9.82. The van der Waals surface area contributed by atoms with Crippen molar-refractivity contribution in [2.45, 2.75) is 43.5 Å². The summed E-state index contributed by atoms with van der Waals surface area (Å²) in [4.78, 5) is 13.1. The lowest BCUT2D eigenvalue weighted by Crippen LogP contribution is -2.66. The maximum Gasteiger partial charge on any atom is 0.253 e. The van der Waals surface area contributed by atoms with Crippen LogP contribution < -0.4 is 0 Å². The molecule has 2 heterocycles. The third kappa shape index (κ3) is 2.99. The fourth-order valence-electron chi connectivity index (χ4n) is 3.67. The Kier molecular flexibility index (Phi) is 4.16. The van der Waals surface area contributed by atoms with Gasteiger partial charge in [0.15, 0.2) is 0 Å². The van der Waals surface area contributed by atoms with E-state index in [0.29, 0.717) is 19.6 Å². The molecular formula is C16H22N2O4. The Balaban J connectivity index is 1.78. The lowest BCUT2D eigenvalue weighted by molar-refractivity contribution is -0.551. The van der Waals surface area contributed by atoms with Gasteiger partial charge < -0.3 is 9.84 Å². The molecule has 3 rings (SSSR count). The molecule has 2 saturated heterocycles. The van der Waals surface area contributed by atoms with Gasteiger partial charge >= 0.3 is 0 Å². The summed E-state index contributed by atoms with van der Waals surface area (Å²) in [6.07, 6.45) is 1.19. The minimum absolute atomic E-state index is 0.0497. The van der Waals surface area contributed by atoms with Gasteiger partial charge in [-0.15, -0.1) is 0 Å². The van der Waals surface area contributed by atoms with Crippen LogP contribution in [0.5, 0.6) is 0 Å². The molecule has 1 N–H and O–H groups in total. The van der Waals surface area contributed by atoms with Gasteiger partial charge in [-0.1, -0.05) is 30.3 Å². The average Bonchev–Trinajstić information content (AvgIpc) is 2.46. The zero-order valence-corrected chi connectivity index (χ0v) is 12.7. The Morgan fingerprint density at radius 3 is 2.82 bits per heavy atom. The van der Waals surface area contributed by atoms with Gasteiger partial charge in [0.25, 0.3) is 6.04 Å². The molecule has 0 aromatic heterocycles. The molecule has 22 heavy (non-hydrogen) atoms. The summed E-state index contributed by atoms with van der Waals surface area (Å²) in [5.41, 5.74) is -0.0745. The topological polar surface area (TPSA) is 75.8 Å². The molecule has 0 radical (unpaired) electrons.